The molecule has 0 bridgehead atoms. The molecule has 1 aromatic heterocycles. The zero-order valence-corrected chi connectivity index (χ0v) is 21.5. The monoisotopic (exact) mass is 555 g/mol. The van der Waals surface area contributed by atoms with E-state index in [1.807, 2.05) is 0 Å². The number of carboxylic acids is 1. The fraction of sp³-hybridized carbons (Fsp3) is 0.185. The largest absolute Gasteiger partial charge is 0.611 e. The van der Waals surface area contributed by atoms with Crippen molar-refractivity contribution < 1.29 is 28.5 Å². The molecule has 1 saturated carbocycles. The highest BCUT2D eigenvalue weighted by Crippen LogP contribution is 2.46. The first-order valence-electron chi connectivity index (χ1n) is 11.5. The summed E-state index contributed by atoms with van der Waals surface area (Å²) in [6.07, 6.45) is 2.02. The number of ether oxygens (including phenoxy) is 2. The lowest BCUT2D eigenvalue weighted by Gasteiger charge is -2.13. The number of aromatic carboxylic acids is 1. The fourth-order valence-electron chi connectivity index (χ4n) is 4.28. The quantitative estimate of drug-likeness (QED) is 0.250. The lowest BCUT2D eigenvalue weighted by Crippen LogP contribution is -2.05. The molecule has 1 N–H and O–H groups in total. The van der Waals surface area contributed by atoms with E-state index in [2.05, 4.69) is 5.16 Å². The van der Waals surface area contributed by atoms with Gasteiger partial charge in [0.2, 0.25) is 0 Å². The number of aromatic nitrogens is 1. The van der Waals surface area contributed by atoms with Gasteiger partial charge in [-0.25, -0.2) is 4.79 Å². The van der Waals surface area contributed by atoms with Crippen LogP contribution in [0.1, 0.15) is 46.0 Å². The van der Waals surface area contributed by atoms with E-state index < -0.39 is 17.1 Å². The van der Waals surface area contributed by atoms with Crippen LogP contribution >= 0.6 is 23.2 Å². The maximum Gasteiger partial charge on any atom is 0.335 e. The Morgan fingerprint density at radius 1 is 1.11 bits per heavy atom. The van der Waals surface area contributed by atoms with E-state index in [4.69, 9.17) is 37.2 Å². The molecule has 1 unspecified atom stereocenters. The topological polar surface area (TPSA) is 105 Å². The molecular weight excluding hydrogens is 537 g/mol. The van der Waals surface area contributed by atoms with E-state index in [0.717, 1.165) is 24.2 Å². The predicted octanol–water partition coefficient (Wildman–Crippen LogP) is 7.22. The second kappa shape index (κ2) is 9.61. The third-order valence-corrected chi connectivity index (χ3v) is 8.34. The lowest BCUT2D eigenvalue weighted by molar-refractivity contribution is 0.0696. The van der Waals surface area contributed by atoms with Crippen molar-refractivity contribution in [3.8, 4) is 28.5 Å². The van der Waals surface area contributed by atoms with Gasteiger partial charge in [-0.3, -0.25) is 0 Å². The van der Waals surface area contributed by atoms with Crippen molar-refractivity contribution in [3.05, 3.63) is 87.1 Å². The summed E-state index contributed by atoms with van der Waals surface area (Å²) in [5.74, 6) is 1.43. The number of rotatable bonds is 6. The van der Waals surface area contributed by atoms with E-state index in [-0.39, 0.29) is 23.8 Å². The standard InChI is InChI=1S/C27H19Cl2NO6S/c28-19-2-1-3-20(29)24(19)25-18(26(36-30-25)14-4-5-14)12-34-17-8-9-21-23(11-17)37(33)13-16-7-6-15(27(31)32)10-22(16)35-21/h1-3,6-11,14H,4-5,12-13H2,(H,31,32). The van der Waals surface area contributed by atoms with Crippen LogP contribution in [-0.4, -0.2) is 20.8 Å². The zero-order valence-electron chi connectivity index (χ0n) is 19.2. The summed E-state index contributed by atoms with van der Waals surface area (Å²) in [6, 6.07) is 14.9. The van der Waals surface area contributed by atoms with Crippen LogP contribution in [0.15, 0.2) is 64.0 Å². The Hall–Kier alpha value is -3.17. The first-order valence-corrected chi connectivity index (χ1v) is 13.6. The van der Waals surface area contributed by atoms with Crippen LogP contribution in [0.25, 0.3) is 11.3 Å². The Balaban J connectivity index is 1.29. The second-order valence-corrected chi connectivity index (χ2v) is 11.1. The smallest absolute Gasteiger partial charge is 0.335 e. The molecule has 188 valence electrons. The minimum absolute atomic E-state index is 0.0996. The average Bonchev–Trinajstić information content (AvgIpc) is 3.65. The van der Waals surface area contributed by atoms with Crippen LogP contribution in [0.3, 0.4) is 0 Å². The Labute approximate surface area is 225 Å². The third kappa shape index (κ3) is 4.66. The predicted molar refractivity (Wildman–Crippen MR) is 138 cm³/mol. The van der Waals surface area contributed by atoms with Crippen molar-refractivity contribution in [1.29, 1.82) is 0 Å². The number of carbonyl (C=O) groups is 1. The van der Waals surface area contributed by atoms with Crippen LogP contribution in [0.4, 0.5) is 0 Å². The van der Waals surface area contributed by atoms with Crippen molar-refractivity contribution in [2.75, 3.05) is 0 Å². The Morgan fingerprint density at radius 2 is 1.89 bits per heavy atom. The highest BCUT2D eigenvalue weighted by molar-refractivity contribution is 7.90. The number of benzene rings is 3. The van der Waals surface area contributed by atoms with Crippen LogP contribution in [0.5, 0.6) is 17.2 Å². The first-order chi connectivity index (χ1) is 17.9. The molecule has 0 saturated heterocycles. The van der Waals surface area contributed by atoms with Crippen molar-refractivity contribution in [3.63, 3.8) is 0 Å². The van der Waals surface area contributed by atoms with Crippen molar-refractivity contribution in [2.24, 2.45) is 0 Å². The molecule has 1 atom stereocenters. The maximum atomic E-state index is 13.1. The molecule has 1 aliphatic heterocycles. The van der Waals surface area contributed by atoms with E-state index in [0.29, 0.717) is 49.0 Å². The molecule has 0 spiro atoms. The summed E-state index contributed by atoms with van der Waals surface area (Å²) in [5, 5.41) is 14.5. The SMILES string of the molecule is O=C(O)c1ccc2c(c1)Oc1ccc(OCc3c(-c4c(Cl)cccc4Cl)noc3C3CC3)cc1[S+]([O-])C2. The molecule has 3 aromatic carbocycles. The van der Waals surface area contributed by atoms with Gasteiger partial charge in [-0.1, -0.05) is 34.4 Å². The molecule has 37 heavy (non-hydrogen) atoms. The zero-order chi connectivity index (χ0) is 25.7. The second-order valence-electron chi connectivity index (χ2n) is 8.86. The summed E-state index contributed by atoms with van der Waals surface area (Å²) < 4.78 is 30.9. The van der Waals surface area contributed by atoms with Gasteiger partial charge in [0, 0.05) is 23.1 Å². The van der Waals surface area contributed by atoms with E-state index in [9.17, 15) is 14.5 Å². The molecule has 1 fully saturated rings. The van der Waals surface area contributed by atoms with Crippen LogP contribution in [0, 0.1) is 0 Å². The minimum atomic E-state index is -1.42. The molecule has 2 aliphatic rings. The molecule has 0 amide bonds. The highest BCUT2D eigenvalue weighted by atomic mass is 35.5. The number of halogens is 2. The summed E-state index contributed by atoms with van der Waals surface area (Å²) in [6.45, 7) is 0.153. The first kappa shape index (κ1) is 24.2. The van der Waals surface area contributed by atoms with Crippen molar-refractivity contribution in [2.45, 2.75) is 36.0 Å². The van der Waals surface area contributed by atoms with Gasteiger partial charge < -0.3 is 23.7 Å². The van der Waals surface area contributed by atoms with Gasteiger partial charge in [0.15, 0.2) is 10.6 Å². The van der Waals surface area contributed by atoms with Gasteiger partial charge in [0.25, 0.3) is 0 Å². The minimum Gasteiger partial charge on any atom is -0.611 e. The summed E-state index contributed by atoms with van der Waals surface area (Å²) >= 11 is 11.5. The number of hydrogen-bond donors (Lipinski definition) is 1. The Kier molecular flexibility index (Phi) is 6.28. The summed E-state index contributed by atoms with van der Waals surface area (Å²) in [5.41, 5.74) is 2.68. The molecular formula is C27H19Cl2NO6S. The lowest BCUT2D eigenvalue weighted by atomic mass is 10.0. The van der Waals surface area contributed by atoms with E-state index in [1.54, 1.807) is 42.5 Å². The summed E-state index contributed by atoms with van der Waals surface area (Å²) in [4.78, 5) is 11.8. The van der Waals surface area contributed by atoms with Crippen molar-refractivity contribution >= 4 is 40.3 Å². The van der Waals surface area contributed by atoms with Gasteiger partial charge >= 0.3 is 5.97 Å². The molecule has 6 rings (SSSR count). The molecule has 0 radical (unpaired) electrons. The summed E-state index contributed by atoms with van der Waals surface area (Å²) in [7, 11) is 0. The maximum absolute atomic E-state index is 13.1. The van der Waals surface area contributed by atoms with Crippen LogP contribution in [-0.2, 0) is 23.5 Å². The van der Waals surface area contributed by atoms with Gasteiger partial charge in [0.05, 0.1) is 21.2 Å². The van der Waals surface area contributed by atoms with E-state index in [1.165, 1.54) is 12.1 Å². The molecule has 4 aromatic rings. The Morgan fingerprint density at radius 3 is 2.62 bits per heavy atom. The molecule has 7 nitrogen and oxygen atoms in total. The van der Waals surface area contributed by atoms with Crippen LogP contribution in [0.2, 0.25) is 10.0 Å². The highest BCUT2D eigenvalue weighted by Gasteiger charge is 2.34. The van der Waals surface area contributed by atoms with Crippen molar-refractivity contribution in [1.82, 2.24) is 5.16 Å². The van der Waals surface area contributed by atoms with Gasteiger partial charge in [-0.2, -0.15) is 0 Å². The number of fused-ring (bicyclic) bond motifs is 2. The molecule has 1 aliphatic carbocycles. The van der Waals surface area contributed by atoms with E-state index >= 15 is 0 Å². The number of carboxylic acid groups (broad SMARTS) is 1. The average molecular weight is 556 g/mol. The normalized spacial score (nSPS) is 16.4. The van der Waals surface area contributed by atoms with Gasteiger partial charge in [-0.15, -0.1) is 0 Å². The fourth-order valence-corrected chi connectivity index (χ4v) is 6.12. The Bertz CT molecular complexity index is 1510. The van der Waals surface area contributed by atoms with Gasteiger partial charge in [0.1, 0.15) is 35.3 Å². The van der Waals surface area contributed by atoms with Gasteiger partial charge in [-0.05, 0) is 66.5 Å². The molecule has 10 heteroatoms. The third-order valence-electron chi connectivity index (χ3n) is 6.33. The van der Waals surface area contributed by atoms with Crippen LogP contribution < -0.4 is 9.47 Å². The number of nitrogens with zero attached hydrogens (tertiary/aromatic N) is 1. The molecule has 2 heterocycles. The number of hydrogen-bond acceptors (Lipinski definition) is 6.